The van der Waals surface area contributed by atoms with Crippen LogP contribution in [0.3, 0.4) is 0 Å². The summed E-state index contributed by atoms with van der Waals surface area (Å²) >= 11 is 0. The van der Waals surface area contributed by atoms with Gasteiger partial charge in [0.15, 0.2) is 0 Å². The van der Waals surface area contributed by atoms with Gasteiger partial charge in [-0.25, -0.2) is 4.98 Å². The number of aromatic nitrogens is 2. The smallest absolute Gasteiger partial charge is 0.0951 e. The van der Waals surface area contributed by atoms with Crippen molar-refractivity contribution in [1.29, 1.82) is 0 Å². The van der Waals surface area contributed by atoms with Crippen molar-refractivity contribution in [3.63, 3.8) is 0 Å². The number of unbranched alkanes of at least 4 members (excludes halogenated alkanes) is 15. The average Bonchev–Trinajstić information content (AvgIpc) is 3.43. The van der Waals surface area contributed by atoms with Crippen LogP contribution in [0.5, 0.6) is 0 Å². The molecule has 36 heavy (non-hydrogen) atoms. The maximum Gasteiger partial charge on any atom is 0.0951 e. The van der Waals surface area contributed by atoms with E-state index in [2.05, 4.69) is 60.8 Å². The zero-order chi connectivity index (χ0) is 25.7. The second-order valence-electron chi connectivity index (χ2n) is 11.1. The first kappa shape index (κ1) is 30.7. The normalized spacial score (nSPS) is 13.2. The zero-order valence-electron chi connectivity index (χ0n) is 24.2. The molecule has 0 amide bonds. The third-order valence-electron chi connectivity index (χ3n) is 8.13. The van der Waals surface area contributed by atoms with Crippen LogP contribution in [0, 0.1) is 0 Å². The van der Waals surface area contributed by atoms with E-state index < -0.39 is 0 Å². The quantitative estimate of drug-likeness (QED) is 0.140. The summed E-state index contributed by atoms with van der Waals surface area (Å²) in [6.45, 7) is 6.93. The topological polar surface area (TPSA) is 17.8 Å². The van der Waals surface area contributed by atoms with E-state index in [1.807, 2.05) is 12.5 Å². The van der Waals surface area contributed by atoms with E-state index in [1.54, 1.807) is 5.56 Å². The Kier molecular flexibility index (Phi) is 17.4. The molecule has 0 radical (unpaired) electrons. The molecule has 1 unspecified atom stereocenters. The van der Waals surface area contributed by atoms with Gasteiger partial charge in [0, 0.05) is 12.4 Å². The number of hydrogen-bond donors (Lipinski definition) is 0. The lowest BCUT2D eigenvalue weighted by molar-refractivity contribution is 0.474. The highest BCUT2D eigenvalue weighted by Gasteiger charge is 2.20. The highest BCUT2D eigenvalue weighted by molar-refractivity contribution is 5.33. The molecule has 2 atom stereocenters. The van der Waals surface area contributed by atoms with Crippen molar-refractivity contribution in [3.05, 3.63) is 54.1 Å². The second-order valence-corrected chi connectivity index (χ2v) is 11.1. The molecule has 0 bridgehead atoms. The summed E-state index contributed by atoms with van der Waals surface area (Å²) in [5, 5.41) is 0. The molecule has 2 nitrogen and oxygen atoms in total. The van der Waals surface area contributed by atoms with Gasteiger partial charge in [0.25, 0.3) is 0 Å². The zero-order valence-corrected chi connectivity index (χ0v) is 24.2. The van der Waals surface area contributed by atoms with Crippen LogP contribution in [0.1, 0.15) is 172 Å². The molecular weight excluding hydrogens is 436 g/mol. The first-order chi connectivity index (χ1) is 17.8. The molecule has 1 aromatic carbocycles. The average molecular weight is 495 g/mol. The fourth-order valence-electron chi connectivity index (χ4n) is 5.91. The fourth-order valence-corrected chi connectivity index (χ4v) is 5.91. The van der Waals surface area contributed by atoms with Crippen molar-refractivity contribution in [2.75, 3.05) is 0 Å². The summed E-state index contributed by atoms with van der Waals surface area (Å²) in [6.07, 6.45) is 33.8. The van der Waals surface area contributed by atoms with Crippen molar-refractivity contribution >= 4 is 0 Å². The molecule has 0 N–H and O–H groups in total. The Morgan fingerprint density at radius 2 is 1.08 bits per heavy atom. The number of benzene rings is 1. The third kappa shape index (κ3) is 12.1. The molecule has 0 saturated heterocycles. The van der Waals surface area contributed by atoms with Crippen molar-refractivity contribution in [3.8, 4) is 0 Å². The lowest BCUT2D eigenvalue weighted by atomic mass is 9.83. The summed E-state index contributed by atoms with van der Waals surface area (Å²) in [5.41, 5.74) is 3.13. The molecule has 1 aromatic heterocycles. The molecule has 0 aliphatic rings. The molecule has 2 heteroatoms. The first-order valence-corrected chi connectivity index (χ1v) is 15.9. The van der Waals surface area contributed by atoms with Crippen LogP contribution in [0.4, 0.5) is 0 Å². The highest BCUT2D eigenvalue weighted by atomic mass is 15.0. The van der Waals surface area contributed by atoms with E-state index in [9.17, 15) is 0 Å². The van der Waals surface area contributed by atoms with Gasteiger partial charge in [0.05, 0.1) is 12.4 Å². The van der Waals surface area contributed by atoms with Crippen molar-refractivity contribution in [2.24, 2.45) is 0 Å². The minimum absolute atomic E-state index is 0.396. The fraction of sp³-hybridized carbons (Fsp3) is 0.735. The van der Waals surface area contributed by atoms with Gasteiger partial charge in [0.2, 0.25) is 0 Å². The largest absolute Gasteiger partial charge is 0.330 e. The van der Waals surface area contributed by atoms with Gasteiger partial charge in [-0.05, 0) is 36.3 Å². The monoisotopic (exact) mass is 494 g/mol. The predicted octanol–water partition coefficient (Wildman–Crippen LogP) is 11.4. The van der Waals surface area contributed by atoms with Crippen LogP contribution >= 0.6 is 0 Å². The van der Waals surface area contributed by atoms with Gasteiger partial charge < -0.3 is 4.57 Å². The van der Waals surface area contributed by atoms with E-state index in [4.69, 9.17) is 0 Å². The lowest BCUT2D eigenvalue weighted by Crippen LogP contribution is -2.13. The Hall–Kier alpha value is -1.57. The number of hydrogen-bond acceptors (Lipinski definition) is 1. The molecule has 0 fully saturated rings. The van der Waals surface area contributed by atoms with Gasteiger partial charge in [-0.1, -0.05) is 154 Å². The van der Waals surface area contributed by atoms with Crippen LogP contribution in [0.25, 0.3) is 0 Å². The van der Waals surface area contributed by atoms with Crippen molar-refractivity contribution < 1.29 is 0 Å². The van der Waals surface area contributed by atoms with Gasteiger partial charge in [-0.15, -0.1) is 0 Å². The number of imidazole rings is 1. The maximum atomic E-state index is 4.35. The third-order valence-corrected chi connectivity index (χ3v) is 8.13. The van der Waals surface area contributed by atoms with Crippen molar-refractivity contribution in [1.82, 2.24) is 9.55 Å². The highest BCUT2D eigenvalue weighted by Crippen LogP contribution is 2.35. The molecular formula is C34H58N2. The molecule has 2 aromatic rings. The van der Waals surface area contributed by atoms with Crippen LogP contribution in [-0.4, -0.2) is 9.55 Å². The molecule has 2 rings (SSSR count). The number of rotatable bonds is 23. The molecule has 1 heterocycles. The van der Waals surface area contributed by atoms with Crippen molar-refractivity contribution in [2.45, 2.75) is 161 Å². The van der Waals surface area contributed by atoms with E-state index in [0.29, 0.717) is 12.0 Å². The molecule has 0 saturated carbocycles. The Morgan fingerprint density at radius 3 is 1.53 bits per heavy atom. The van der Waals surface area contributed by atoms with Gasteiger partial charge in [0.1, 0.15) is 0 Å². The minimum atomic E-state index is 0.396. The molecule has 0 spiro atoms. The van der Waals surface area contributed by atoms with Gasteiger partial charge in [-0.2, -0.15) is 0 Å². The summed E-state index contributed by atoms with van der Waals surface area (Å²) < 4.78 is 2.31. The second kappa shape index (κ2) is 20.5. The Labute approximate surface area is 224 Å². The van der Waals surface area contributed by atoms with Crippen LogP contribution in [0.15, 0.2) is 43.0 Å². The van der Waals surface area contributed by atoms with Crippen LogP contribution < -0.4 is 0 Å². The minimum Gasteiger partial charge on any atom is -0.330 e. The Balaban J connectivity index is 1.88. The van der Waals surface area contributed by atoms with E-state index in [0.717, 1.165) is 6.42 Å². The molecule has 0 aliphatic heterocycles. The standard InChI is InChI=1S/C34H58N2/c1-4-7-9-11-13-14-15-16-17-19-21-25-31(24-20-18-12-10-8-5-2)32-26-22-23-27-33(32)34(6-3)36-29-28-35-30-36/h22-23,26-31,34H,4-21,24-25H2,1-3H3/t31-,34?/m0/s1. The van der Waals surface area contributed by atoms with Gasteiger partial charge in [-0.3, -0.25) is 0 Å². The number of nitrogens with zero attached hydrogens (tertiary/aromatic N) is 2. The lowest BCUT2D eigenvalue weighted by Gasteiger charge is -2.26. The van der Waals surface area contributed by atoms with E-state index in [1.165, 1.54) is 128 Å². The van der Waals surface area contributed by atoms with Gasteiger partial charge >= 0.3 is 0 Å². The van der Waals surface area contributed by atoms with Crippen LogP contribution in [-0.2, 0) is 0 Å². The predicted molar refractivity (Wildman–Crippen MR) is 159 cm³/mol. The summed E-state index contributed by atoms with van der Waals surface area (Å²) in [5.74, 6) is 0.698. The molecule has 204 valence electrons. The Morgan fingerprint density at radius 1 is 0.611 bits per heavy atom. The Bertz CT molecular complexity index is 735. The van der Waals surface area contributed by atoms with Crippen LogP contribution in [0.2, 0.25) is 0 Å². The summed E-state index contributed by atoms with van der Waals surface area (Å²) in [6, 6.07) is 9.73. The van der Waals surface area contributed by atoms with E-state index in [-0.39, 0.29) is 0 Å². The summed E-state index contributed by atoms with van der Waals surface area (Å²) in [4.78, 5) is 4.35. The summed E-state index contributed by atoms with van der Waals surface area (Å²) in [7, 11) is 0. The maximum absolute atomic E-state index is 4.35. The SMILES string of the molecule is CCCCCCCCCCCCC[C@H](CCCCCCCC)c1ccccc1C(CC)n1ccnc1. The first-order valence-electron chi connectivity index (χ1n) is 15.9. The molecule has 0 aliphatic carbocycles. The van der Waals surface area contributed by atoms with E-state index >= 15 is 0 Å².